The van der Waals surface area contributed by atoms with E-state index in [0.717, 1.165) is 12.1 Å². The van der Waals surface area contributed by atoms with E-state index in [1.54, 1.807) is 0 Å². The fourth-order valence-corrected chi connectivity index (χ4v) is 2.73. The highest BCUT2D eigenvalue weighted by molar-refractivity contribution is 5.29. The molecule has 0 saturated heterocycles. The van der Waals surface area contributed by atoms with Gasteiger partial charge in [-0.15, -0.1) is 0 Å². The quantitative estimate of drug-likeness (QED) is 0.263. The Hall–Kier alpha value is -2.21. The summed E-state index contributed by atoms with van der Waals surface area (Å²) in [6.07, 6.45) is -14.2. The largest absolute Gasteiger partial charge is 0.491 e. The molecule has 0 radical (unpaired) electrons. The van der Waals surface area contributed by atoms with Gasteiger partial charge < -0.3 is 9.84 Å². The minimum Gasteiger partial charge on any atom is -0.491 e. The molecule has 38 heavy (non-hydrogen) atoms. The molecule has 1 atom stereocenters. The molecule has 0 saturated carbocycles. The molecule has 0 spiro atoms. The topological polar surface area (TPSA) is 29.5 Å². The summed E-state index contributed by atoms with van der Waals surface area (Å²) in [4.78, 5) is 0. The number of alkyl halides is 17. The standard InChI is InChI=1S/C19H15F17O2/c1-8(2)38-10-5-3-9(4-6-10)11(37)7-12(20,21)13(22,23)14(24,25)15(26,27)16(28,29)17(30,31)18(32,33)19(34,35)36/h3-6,8,11,37H,7H2,1-2H3. The second kappa shape index (κ2) is 9.76. The molecule has 2 nitrogen and oxygen atoms in total. The molecule has 0 bridgehead atoms. The summed E-state index contributed by atoms with van der Waals surface area (Å²) < 4.78 is 231. The second-order valence-corrected chi connectivity index (χ2v) is 8.10. The van der Waals surface area contributed by atoms with Gasteiger partial charge in [0.1, 0.15) is 5.75 Å². The number of hydrogen-bond donors (Lipinski definition) is 1. The second-order valence-electron chi connectivity index (χ2n) is 8.10. The van der Waals surface area contributed by atoms with Crippen molar-refractivity contribution in [3.8, 4) is 5.75 Å². The lowest BCUT2D eigenvalue weighted by molar-refractivity contribution is -0.462. The zero-order chi connectivity index (χ0) is 30.6. The van der Waals surface area contributed by atoms with Crippen molar-refractivity contribution in [2.45, 2.75) is 80.1 Å². The molecule has 0 aliphatic heterocycles. The zero-order valence-electron chi connectivity index (χ0n) is 18.5. The van der Waals surface area contributed by atoms with E-state index in [0.29, 0.717) is 12.1 Å². The Balaban J connectivity index is 3.44. The Labute approximate surface area is 201 Å². The molecule has 222 valence electrons. The SMILES string of the molecule is CC(C)Oc1ccc(C(O)CC(F)(F)C(F)(F)C(F)(F)C(F)(F)C(F)(F)C(F)(F)C(F)(F)C(F)(F)F)cc1. The van der Waals surface area contributed by atoms with Gasteiger partial charge in [0.25, 0.3) is 0 Å². The maximum absolute atomic E-state index is 14.0. The van der Waals surface area contributed by atoms with Gasteiger partial charge in [0.2, 0.25) is 0 Å². The summed E-state index contributed by atoms with van der Waals surface area (Å²) in [5.41, 5.74) is -0.784. The first-order valence-corrected chi connectivity index (χ1v) is 9.69. The first kappa shape index (κ1) is 33.8. The Bertz CT molecular complexity index is 951. The third-order valence-corrected chi connectivity index (χ3v) is 4.87. The number of aliphatic hydroxyl groups is 1. The first-order valence-electron chi connectivity index (χ1n) is 9.69. The van der Waals surface area contributed by atoms with Gasteiger partial charge in [-0.3, -0.25) is 0 Å². The summed E-state index contributed by atoms with van der Waals surface area (Å²) in [7, 11) is 0. The summed E-state index contributed by atoms with van der Waals surface area (Å²) in [6.45, 7) is 3.04. The number of aliphatic hydroxyl groups excluding tert-OH is 1. The van der Waals surface area contributed by atoms with Crippen molar-refractivity contribution >= 4 is 0 Å². The molecule has 0 fully saturated rings. The van der Waals surface area contributed by atoms with Crippen LogP contribution in [0.3, 0.4) is 0 Å². The lowest BCUT2D eigenvalue weighted by atomic mass is 9.87. The van der Waals surface area contributed by atoms with Crippen LogP contribution in [0.25, 0.3) is 0 Å². The van der Waals surface area contributed by atoms with E-state index in [1.165, 1.54) is 13.8 Å². The average molecular weight is 598 g/mol. The van der Waals surface area contributed by atoms with Crippen LogP contribution in [0.4, 0.5) is 74.6 Å². The molecule has 19 heteroatoms. The lowest BCUT2D eigenvalue weighted by Gasteiger charge is -2.43. The van der Waals surface area contributed by atoms with Crippen LogP contribution < -0.4 is 4.74 Å². The highest BCUT2D eigenvalue weighted by atomic mass is 19.4. The summed E-state index contributed by atoms with van der Waals surface area (Å²) in [5.74, 6) is -57.0. The monoisotopic (exact) mass is 598 g/mol. The molecular weight excluding hydrogens is 583 g/mol. The molecule has 0 amide bonds. The fourth-order valence-electron chi connectivity index (χ4n) is 2.73. The van der Waals surface area contributed by atoms with E-state index in [2.05, 4.69) is 0 Å². The molecule has 1 aromatic carbocycles. The lowest BCUT2D eigenvalue weighted by Crippen LogP contribution is -2.74. The molecule has 0 aliphatic rings. The third kappa shape index (κ3) is 5.17. The molecule has 1 N–H and O–H groups in total. The van der Waals surface area contributed by atoms with Crippen molar-refractivity contribution in [3.05, 3.63) is 29.8 Å². The van der Waals surface area contributed by atoms with Crippen LogP contribution in [-0.2, 0) is 0 Å². The molecule has 0 aromatic heterocycles. The number of ether oxygens (including phenoxy) is 1. The number of halogens is 17. The highest BCUT2D eigenvalue weighted by Gasteiger charge is 2.95. The van der Waals surface area contributed by atoms with Crippen molar-refractivity contribution < 1.29 is 84.5 Å². The summed E-state index contributed by atoms with van der Waals surface area (Å²) in [5, 5.41) is 9.67. The summed E-state index contributed by atoms with van der Waals surface area (Å²) >= 11 is 0. The third-order valence-electron chi connectivity index (χ3n) is 4.87. The van der Waals surface area contributed by atoms with Gasteiger partial charge in [-0.1, -0.05) is 12.1 Å². The first-order chi connectivity index (χ1) is 16.5. The van der Waals surface area contributed by atoms with Gasteiger partial charge in [-0.2, -0.15) is 74.6 Å². The Morgan fingerprint density at radius 2 is 0.921 bits per heavy atom. The molecule has 1 rings (SSSR count). The Kier molecular flexibility index (Phi) is 8.69. The van der Waals surface area contributed by atoms with Crippen LogP contribution in [0.5, 0.6) is 5.75 Å². The van der Waals surface area contributed by atoms with Crippen LogP contribution >= 0.6 is 0 Å². The van der Waals surface area contributed by atoms with Crippen molar-refractivity contribution in [1.82, 2.24) is 0 Å². The van der Waals surface area contributed by atoms with E-state index >= 15 is 0 Å². The maximum atomic E-state index is 14.0. The van der Waals surface area contributed by atoms with E-state index < -0.39 is 71.8 Å². The van der Waals surface area contributed by atoms with E-state index in [4.69, 9.17) is 4.74 Å². The highest BCUT2D eigenvalue weighted by Crippen LogP contribution is 2.64. The minimum atomic E-state index is -8.69. The fraction of sp³-hybridized carbons (Fsp3) is 0.684. The maximum Gasteiger partial charge on any atom is 0.460 e. The summed E-state index contributed by atoms with van der Waals surface area (Å²) in [6, 6.07) is 3.25. The van der Waals surface area contributed by atoms with Gasteiger partial charge in [0.15, 0.2) is 0 Å². The van der Waals surface area contributed by atoms with Gasteiger partial charge >= 0.3 is 47.6 Å². The van der Waals surface area contributed by atoms with Crippen LogP contribution in [0.15, 0.2) is 24.3 Å². The molecular formula is C19H15F17O2. The number of rotatable bonds is 11. The van der Waals surface area contributed by atoms with Gasteiger partial charge in [0.05, 0.1) is 12.2 Å². The molecule has 0 aliphatic carbocycles. The molecule has 1 unspecified atom stereocenters. The van der Waals surface area contributed by atoms with Crippen LogP contribution in [0.1, 0.15) is 31.9 Å². The normalized spacial score (nSPS) is 16.1. The van der Waals surface area contributed by atoms with Gasteiger partial charge in [-0.05, 0) is 31.5 Å². The van der Waals surface area contributed by atoms with Crippen molar-refractivity contribution in [2.24, 2.45) is 0 Å². The zero-order valence-corrected chi connectivity index (χ0v) is 18.5. The number of benzene rings is 1. The number of hydrogen-bond acceptors (Lipinski definition) is 2. The van der Waals surface area contributed by atoms with E-state index in [1.807, 2.05) is 0 Å². The minimum absolute atomic E-state index is 0.00182. The van der Waals surface area contributed by atoms with Crippen LogP contribution in [0.2, 0.25) is 0 Å². The van der Waals surface area contributed by atoms with Crippen LogP contribution in [-0.4, -0.2) is 58.8 Å². The van der Waals surface area contributed by atoms with Crippen molar-refractivity contribution in [2.75, 3.05) is 0 Å². The van der Waals surface area contributed by atoms with Crippen LogP contribution in [0, 0.1) is 0 Å². The van der Waals surface area contributed by atoms with E-state index in [9.17, 15) is 79.7 Å². The predicted octanol–water partition coefficient (Wildman–Crippen LogP) is 7.91. The van der Waals surface area contributed by atoms with Gasteiger partial charge in [0, 0.05) is 6.42 Å². The Morgan fingerprint density at radius 3 is 1.26 bits per heavy atom. The predicted molar refractivity (Wildman–Crippen MR) is 92.5 cm³/mol. The van der Waals surface area contributed by atoms with Crippen molar-refractivity contribution in [3.63, 3.8) is 0 Å². The van der Waals surface area contributed by atoms with E-state index in [-0.39, 0.29) is 5.75 Å². The average Bonchev–Trinajstić information content (AvgIpc) is 2.71. The molecule has 0 heterocycles. The van der Waals surface area contributed by atoms with Crippen molar-refractivity contribution in [1.29, 1.82) is 0 Å². The van der Waals surface area contributed by atoms with Gasteiger partial charge in [-0.25, -0.2) is 0 Å². The smallest absolute Gasteiger partial charge is 0.460 e. The molecule has 1 aromatic rings. The Morgan fingerprint density at radius 1 is 0.579 bits per heavy atom.